The Hall–Kier alpha value is -2.62. The molecular formula is C16H16N2O2. The number of amides is 1. The van der Waals surface area contributed by atoms with Gasteiger partial charge in [-0.15, -0.1) is 0 Å². The lowest BCUT2D eigenvalue weighted by Gasteiger charge is -2.10. The van der Waals surface area contributed by atoms with Gasteiger partial charge in [-0.2, -0.15) is 0 Å². The van der Waals surface area contributed by atoms with Crippen molar-refractivity contribution in [2.75, 3.05) is 17.7 Å². The van der Waals surface area contributed by atoms with Crippen molar-refractivity contribution in [1.29, 1.82) is 0 Å². The van der Waals surface area contributed by atoms with Gasteiger partial charge in [0.05, 0.1) is 11.4 Å². The van der Waals surface area contributed by atoms with Crippen LogP contribution in [0.25, 0.3) is 0 Å². The fourth-order valence-corrected chi connectivity index (χ4v) is 1.88. The Balaban J connectivity index is 2.24. The number of hydrogen-bond acceptors (Lipinski definition) is 3. The first-order chi connectivity index (χ1) is 9.61. The molecule has 0 heterocycles. The van der Waals surface area contributed by atoms with E-state index in [0.717, 1.165) is 5.69 Å². The minimum absolute atomic E-state index is 0.0599. The molecule has 102 valence electrons. The molecule has 0 fully saturated rings. The molecule has 2 aromatic carbocycles. The fourth-order valence-electron chi connectivity index (χ4n) is 1.88. The molecule has 0 saturated carbocycles. The molecular weight excluding hydrogens is 252 g/mol. The molecule has 20 heavy (non-hydrogen) atoms. The second-order valence-electron chi connectivity index (χ2n) is 4.39. The molecule has 4 heteroatoms. The van der Waals surface area contributed by atoms with Gasteiger partial charge < -0.3 is 10.6 Å². The number of hydrogen-bond donors (Lipinski definition) is 2. The Morgan fingerprint density at radius 2 is 1.55 bits per heavy atom. The van der Waals surface area contributed by atoms with Gasteiger partial charge in [-0.3, -0.25) is 9.59 Å². The zero-order chi connectivity index (χ0) is 14.5. The Bertz CT molecular complexity index is 650. The number of Topliss-reactive ketones (excluding diaryl/α,β-unsaturated/α-hetero) is 1. The van der Waals surface area contributed by atoms with Gasteiger partial charge >= 0.3 is 0 Å². The van der Waals surface area contributed by atoms with Crippen LogP contribution in [0.4, 0.5) is 11.4 Å². The van der Waals surface area contributed by atoms with Crippen molar-refractivity contribution in [3.63, 3.8) is 0 Å². The smallest absolute Gasteiger partial charge is 0.255 e. The average Bonchev–Trinajstić information content (AvgIpc) is 2.48. The Morgan fingerprint density at radius 1 is 0.900 bits per heavy atom. The molecule has 0 aliphatic heterocycles. The highest BCUT2D eigenvalue weighted by Crippen LogP contribution is 2.21. The molecule has 1 amide bonds. The predicted molar refractivity (Wildman–Crippen MR) is 80.4 cm³/mol. The molecule has 0 aliphatic rings. The standard InChI is InChI=1S/C16H16N2O2/c1-11(19)12-6-5-7-13(10-12)16(20)18-15-9-4-3-8-14(15)17-2/h3-10,17H,1-2H3,(H,18,20). The maximum absolute atomic E-state index is 12.2. The van der Waals surface area contributed by atoms with Crippen LogP contribution in [0.5, 0.6) is 0 Å². The van der Waals surface area contributed by atoms with Crippen LogP contribution in [0.15, 0.2) is 48.5 Å². The third kappa shape index (κ3) is 3.03. The molecule has 2 N–H and O–H groups in total. The first-order valence-corrected chi connectivity index (χ1v) is 6.31. The number of nitrogens with one attached hydrogen (secondary N) is 2. The average molecular weight is 268 g/mol. The summed E-state index contributed by atoms with van der Waals surface area (Å²) >= 11 is 0. The van der Waals surface area contributed by atoms with E-state index in [1.165, 1.54) is 6.92 Å². The van der Waals surface area contributed by atoms with Crippen LogP contribution >= 0.6 is 0 Å². The monoisotopic (exact) mass is 268 g/mol. The maximum Gasteiger partial charge on any atom is 0.255 e. The maximum atomic E-state index is 12.2. The molecule has 0 aromatic heterocycles. The van der Waals surface area contributed by atoms with Crippen molar-refractivity contribution in [3.8, 4) is 0 Å². The van der Waals surface area contributed by atoms with Crippen LogP contribution in [0.3, 0.4) is 0 Å². The molecule has 4 nitrogen and oxygen atoms in total. The topological polar surface area (TPSA) is 58.2 Å². The number of ketones is 1. The van der Waals surface area contributed by atoms with Crippen LogP contribution < -0.4 is 10.6 Å². The summed E-state index contributed by atoms with van der Waals surface area (Å²) in [6.45, 7) is 1.48. The lowest BCUT2D eigenvalue weighted by Crippen LogP contribution is -2.13. The molecule has 0 saturated heterocycles. The highest BCUT2D eigenvalue weighted by molar-refractivity contribution is 6.07. The summed E-state index contributed by atoms with van der Waals surface area (Å²) in [5.74, 6) is -0.300. The number of para-hydroxylation sites is 2. The summed E-state index contributed by atoms with van der Waals surface area (Å²) in [5, 5.41) is 5.84. The number of anilines is 2. The Labute approximate surface area is 117 Å². The van der Waals surface area contributed by atoms with E-state index in [1.807, 2.05) is 24.3 Å². The van der Waals surface area contributed by atoms with Gasteiger partial charge in [0.15, 0.2) is 5.78 Å². The summed E-state index contributed by atoms with van der Waals surface area (Å²) in [7, 11) is 1.79. The normalized spacial score (nSPS) is 9.90. The van der Waals surface area contributed by atoms with Crippen LogP contribution in [-0.4, -0.2) is 18.7 Å². The van der Waals surface area contributed by atoms with E-state index in [-0.39, 0.29) is 11.7 Å². The van der Waals surface area contributed by atoms with Gasteiger partial charge in [-0.1, -0.05) is 24.3 Å². The minimum Gasteiger partial charge on any atom is -0.386 e. The van der Waals surface area contributed by atoms with E-state index < -0.39 is 0 Å². The van der Waals surface area contributed by atoms with Crippen molar-refractivity contribution in [1.82, 2.24) is 0 Å². The van der Waals surface area contributed by atoms with E-state index >= 15 is 0 Å². The number of benzene rings is 2. The van der Waals surface area contributed by atoms with Crippen LogP contribution in [0.2, 0.25) is 0 Å². The zero-order valence-corrected chi connectivity index (χ0v) is 11.4. The van der Waals surface area contributed by atoms with E-state index in [4.69, 9.17) is 0 Å². The third-order valence-electron chi connectivity index (χ3n) is 2.98. The van der Waals surface area contributed by atoms with Gasteiger partial charge in [0.2, 0.25) is 0 Å². The van der Waals surface area contributed by atoms with Gasteiger partial charge in [-0.05, 0) is 31.2 Å². The SMILES string of the molecule is CNc1ccccc1NC(=O)c1cccc(C(C)=O)c1. The number of carbonyl (C=O) groups excluding carboxylic acids is 2. The summed E-state index contributed by atoms with van der Waals surface area (Å²) < 4.78 is 0. The first-order valence-electron chi connectivity index (χ1n) is 6.31. The van der Waals surface area contributed by atoms with Crippen LogP contribution in [0, 0.1) is 0 Å². The van der Waals surface area contributed by atoms with Crippen molar-refractivity contribution in [2.24, 2.45) is 0 Å². The molecule has 0 aliphatic carbocycles. The summed E-state index contributed by atoms with van der Waals surface area (Å²) in [6.07, 6.45) is 0. The predicted octanol–water partition coefficient (Wildman–Crippen LogP) is 3.18. The highest BCUT2D eigenvalue weighted by Gasteiger charge is 2.10. The highest BCUT2D eigenvalue weighted by atomic mass is 16.1. The molecule has 0 bridgehead atoms. The molecule has 2 aromatic rings. The van der Waals surface area contributed by atoms with Crippen molar-refractivity contribution >= 4 is 23.1 Å². The van der Waals surface area contributed by atoms with Gasteiger partial charge in [0, 0.05) is 18.2 Å². The van der Waals surface area contributed by atoms with E-state index in [9.17, 15) is 9.59 Å². The van der Waals surface area contributed by atoms with Crippen LogP contribution in [0.1, 0.15) is 27.6 Å². The first kappa shape index (κ1) is 13.8. The van der Waals surface area contributed by atoms with Crippen LogP contribution in [-0.2, 0) is 0 Å². The summed E-state index contributed by atoms with van der Waals surface area (Å²) in [5.41, 5.74) is 2.53. The van der Waals surface area contributed by atoms with Crippen molar-refractivity contribution in [2.45, 2.75) is 6.92 Å². The van der Waals surface area contributed by atoms with Gasteiger partial charge in [-0.25, -0.2) is 0 Å². The zero-order valence-electron chi connectivity index (χ0n) is 11.4. The molecule has 0 unspecified atom stereocenters. The third-order valence-corrected chi connectivity index (χ3v) is 2.98. The molecule has 0 spiro atoms. The van der Waals surface area contributed by atoms with Crippen molar-refractivity contribution < 1.29 is 9.59 Å². The van der Waals surface area contributed by atoms with E-state index in [0.29, 0.717) is 16.8 Å². The quantitative estimate of drug-likeness (QED) is 0.837. The second kappa shape index (κ2) is 6.02. The van der Waals surface area contributed by atoms with Crippen molar-refractivity contribution in [3.05, 3.63) is 59.7 Å². The molecule has 2 rings (SSSR count). The number of rotatable bonds is 4. The lowest BCUT2D eigenvalue weighted by atomic mass is 10.1. The largest absolute Gasteiger partial charge is 0.386 e. The summed E-state index contributed by atoms with van der Waals surface area (Å²) in [6, 6.07) is 14.1. The van der Waals surface area contributed by atoms with Gasteiger partial charge in [0.25, 0.3) is 5.91 Å². The van der Waals surface area contributed by atoms with E-state index in [1.54, 1.807) is 31.3 Å². The number of carbonyl (C=O) groups is 2. The fraction of sp³-hybridized carbons (Fsp3) is 0.125. The minimum atomic E-state index is -0.240. The Kier molecular flexibility index (Phi) is 4.15. The second-order valence-corrected chi connectivity index (χ2v) is 4.39. The lowest BCUT2D eigenvalue weighted by molar-refractivity contribution is 0.101. The molecule has 0 radical (unpaired) electrons. The molecule has 0 atom stereocenters. The van der Waals surface area contributed by atoms with Gasteiger partial charge in [0.1, 0.15) is 0 Å². The summed E-state index contributed by atoms with van der Waals surface area (Å²) in [4.78, 5) is 23.5. The van der Waals surface area contributed by atoms with E-state index in [2.05, 4.69) is 10.6 Å². The Morgan fingerprint density at radius 3 is 2.20 bits per heavy atom.